The number of hydrogen-bond donors (Lipinski definition) is 0. The molecule has 3 heterocycles. The van der Waals surface area contributed by atoms with Gasteiger partial charge >= 0.3 is 5.97 Å². The molecule has 1 spiro atoms. The van der Waals surface area contributed by atoms with Gasteiger partial charge in [-0.25, -0.2) is 0 Å². The van der Waals surface area contributed by atoms with Crippen LogP contribution in [0.25, 0.3) is 0 Å². The Hall–Kier alpha value is -2.14. The minimum atomic E-state index is -0.689. The van der Waals surface area contributed by atoms with E-state index in [-0.39, 0.29) is 18.0 Å². The van der Waals surface area contributed by atoms with Crippen LogP contribution in [-0.4, -0.2) is 37.2 Å². The molecule has 0 aliphatic carbocycles. The van der Waals surface area contributed by atoms with Gasteiger partial charge in [0.15, 0.2) is 0 Å². The highest BCUT2D eigenvalue weighted by Gasteiger charge is 2.67. The molecule has 0 unspecified atom stereocenters. The van der Waals surface area contributed by atoms with Crippen molar-refractivity contribution in [3.63, 3.8) is 0 Å². The van der Waals surface area contributed by atoms with Crippen LogP contribution < -0.4 is 4.90 Å². The Morgan fingerprint density at radius 2 is 2.09 bits per heavy atom. The molecule has 22 heavy (non-hydrogen) atoms. The maximum atomic E-state index is 12.9. The Morgan fingerprint density at radius 1 is 1.36 bits per heavy atom. The first-order valence-corrected chi connectivity index (χ1v) is 7.39. The summed E-state index contributed by atoms with van der Waals surface area (Å²) in [5.74, 6) is -1.47. The summed E-state index contributed by atoms with van der Waals surface area (Å²) in [5, 5.41) is 0. The van der Waals surface area contributed by atoms with Gasteiger partial charge < -0.3 is 14.4 Å². The molecule has 4 atom stereocenters. The highest BCUT2D eigenvalue weighted by atomic mass is 16.5. The summed E-state index contributed by atoms with van der Waals surface area (Å²) in [6.07, 6.45) is 3.47. The summed E-state index contributed by atoms with van der Waals surface area (Å²) in [5.41, 5.74) is 1.28. The highest BCUT2D eigenvalue weighted by molar-refractivity contribution is 6.02. The van der Waals surface area contributed by atoms with Gasteiger partial charge in [0.05, 0.1) is 25.7 Å². The predicted octanol–water partition coefficient (Wildman–Crippen LogP) is 1.45. The molecule has 0 radical (unpaired) electrons. The molecule has 2 bridgehead atoms. The van der Waals surface area contributed by atoms with Crippen molar-refractivity contribution >= 4 is 17.6 Å². The number of benzene rings is 1. The molecular formula is C17H17NO4. The number of rotatable bonds is 2. The van der Waals surface area contributed by atoms with E-state index in [2.05, 4.69) is 0 Å². The average molecular weight is 299 g/mol. The second kappa shape index (κ2) is 4.43. The Kier molecular flexibility index (Phi) is 2.72. The molecule has 3 aliphatic heterocycles. The monoisotopic (exact) mass is 299 g/mol. The van der Waals surface area contributed by atoms with Crippen molar-refractivity contribution in [3.8, 4) is 0 Å². The number of hydrogen-bond acceptors (Lipinski definition) is 4. The summed E-state index contributed by atoms with van der Waals surface area (Å²) >= 11 is 0. The Bertz CT molecular complexity index is 680. The van der Waals surface area contributed by atoms with Crippen LogP contribution in [0.2, 0.25) is 0 Å². The largest absolute Gasteiger partial charge is 0.469 e. The topological polar surface area (TPSA) is 55.8 Å². The van der Waals surface area contributed by atoms with E-state index in [4.69, 9.17) is 9.47 Å². The molecule has 4 rings (SSSR count). The SMILES string of the molecule is COC(=O)[C@@H]1[C@@H]2C=C[C@]3(CN(c4ccc(C)cc4)C(=O)[C@H]13)O2. The smallest absolute Gasteiger partial charge is 0.312 e. The van der Waals surface area contributed by atoms with Crippen LogP contribution in [0.4, 0.5) is 5.69 Å². The summed E-state index contributed by atoms with van der Waals surface area (Å²) in [4.78, 5) is 26.7. The molecule has 5 nitrogen and oxygen atoms in total. The van der Waals surface area contributed by atoms with Gasteiger partial charge in [-0.05, 0) is 19.1 Å². The molecule has 2 saturated heterocycles. The van der Waals surface area contributed by atoms with E-state index < -0.39 is 17.4 Å². The summed E-state index contributed by atoms with van der Waals surface area (Å²) in [6, 6.07) is 7.79. The number of carbonyl (C=O) groups is 2. The third kappa shape index (κ3) is 1.63. The van der Waals surface area contributed by atoms with Crippen LogP contribution in [0.3, 0.4) is 0 Å². The quantitative estimate of drug-likeness (QED) is 0.613. The van der Waals surface area contributed by atoms with Gasteiger partial charge in [-0.2, -0.15) is 0 Å². The van der Waals surface area contributed by atoms with Crippen molar-refractivity contribution < 1.29 is 19.1 Å². The first kappa shape index (κ1) is 13.5. The van der Waals surface area contributed by atoms with Crippen LogP contribution in [0.15, 0.2) is 36.4 Å². The molecule has 2 fully saturated rings. The fourth-order valence-corrected chi connectivity index (χ4v) is 3.85. The van der Waals surface area contributed by atoms with Crippen LogP contribution in [0.1, 0.15) is 5.56 Å². The van der Waals surface area contributed by atoms with Gasteiger partial charge in [0.25, 0.3) is 0 Å². The Balaban J connectivity index is 1.71. The number of methoxy groups -OCH3 is 1. The third-order valence-electron chi connectivity index (χ3n) is 4.92. The highest BCUT2D eigenvalue weighted by Crippen LogP contribution is 2.52. The average Bonchev–Trinajstić information content (AvgIpc) is 3.16. The number of fused-ring (bicyclic) bond motifs is 1. The lowest BCUT2D eigenvalue weighted by Crippen LogP contribution is -2.39. The molecular weight excluding hydrogens is 282 g/mol. The number of ether oxygens (including phenoxy) is 2. The van der Waals surface area contributed by atoms with Gasteiger partial charge in [-0.15, -0.1) is 0 Å². The number of carbonyl (C=O) groups excluding carboxylic acids is 2. The van der Waals surface area contributed by atoms with Gasteiger partial charge in [0.1, 0.15) is 11.5 Å². The first-order chi connectivity index (χ1) is 10.6. The Morgan fingerprint density at radius 3 is 2.77 bits per heavy atom. The number of esters is 1. The van der Waals surface area contributed by atoms with Crippen LogP contribution in [-0.2, 0) is 19.1 Å². The van der Waals surface area contributed by atoms with Crippen molar-refractivity contribution in [1.29, 1.82) is 0 Å². The zero-order valence-electron chi connectivity index (χ0n) is 12.5. The van der Waals surface area contributed by atoms with Crippen molar-refractivity contribution in [2.75, 3.05) is 18.6 Å². The van der Waals surface area contributed by atoms with E-state index in [1.165, 1.54) is 7.11 Å². The van der Waals surface area contributed by atoms with Crippen molar-refractivity contribution in [2.24, 2.45) is 11.8 Å². The lowest BCUT2D eigenvalue weighted by Gasteiger charge is -2.22. The van der Waals surface area contributed by atoms with Gasteiger partial charge in [0, 0.05) is 5.69 Å². The zero-order chi connectivity index (χ0) is 15.5. The summed E-state index contributed by atoms with van der Waals surface area (Å²) in [6.45, 7) is 2.45. The zero-order valence-corrected chi connectivity index (χ0v) is 12.5. The molecule has 5 heteroatoms. The van der Waals surface area contributed by atoms with E-state index >= 15 is 0 Å². The fourth-order valence-electron chi connectivity index (χ4n) is 3.85. The van der Waals surface area contributed by atoms with E-state index in [0.29, 0.717) is 6.54 Å². The molecule has 0 N–H and O–H groups in total. The minimum Gasteiger partial charge on any atom is -0.469 e. The van der Waals surface area contributed by atoms with Crippen LogP contribution >= 0.6 is 0 Å². The van der Waals surface area contributed by atoms with Gasteiger partial charge in [-0.3, -0.25) is 9.59 Å². The minimum absolute atomic E-state index is 0.0638. The number of anilines is 1. The normalized spacial score (nSPS) is 35.1. The first-order valence-electron chi connectivity index (χ1n) is 7.39. The van der Waals surface area contributed by atoms with Crippen LogP contribution in [0, 0.1) is 18.8 Å². The lowest BCUT2D eigenvalue weighted by atomic mass is 9.77. The maximum Gasteiger partial charge on any atom is 0.312 e. The maximum absolute atomic E-state index is 12.9. The second-order valence-corrected chi connectivity index (χ2v) is 6.18. The number of nitrogens with zero attached hydrogens (tertiary/aromatic N) is 1. The molecule has 1 aromatic rings. The van der Waals surface area contributed by atoms with Crippen LogP contribution in [0.5, 0.6) is 0 Å². The molecule has 0 saturated carbocycles. The third-order valence-corrected chi connectivity index (χ3v) is 4.92. The molecule has 114 valence electrons. The molecule has 3 aliphatic rings. The predicted molar refractivity (Wildman–Crippen MR) is 79.3 cm³/mol. The van der Waals surface area contributed by atoms with E-state index in [1.807, 2.05) is 43.3 Å². The molecule has 0 aromatic heterocycles. The van der Waals surface area contributed by atoms with Gasteiger partial charge in [0.2, 0.25) is 5.91 Å². The van der Waals surface area contributed by atoms with E-state index in [9.17, 15) is 9.59 Å². The molecule has 1 amide bonds. The summed E-state index contributed by atoms with van der Waals surface area (Å²) < 4.78 is 10.9. The lowest BCUT2D eigenvalue weighted by molar-refractivity contribution is -0.149. The van der Waals surface area contributed by atoms with Gasteiger partial charge in [-0.1, -0.05) is 29.8 Å². The fraction of sp³-hybridized carbons (Fsp3) is 0.412. The Labute approximate surface area is 128 Å². The standard InChI is InChI=1S/C17H17NO4/c1-10-3-5-11(6-4-10)18-9-17-8-7-12(22-17)13(16(20)21-2)14(17)15(18)19/h3-8,12-14H,9H2,1-2H3/t12-,13+,14-,17+/m0/s1. The van der Waals surface area contributed by atoms with Crippen molar-refractivity contribution in [3.05, 3.63) is 42.0 Å². The van der Waals surface area contributed by atoms with Crippen molar-refractivity contribution in [2.45, 2.75) is 18.6 Å². The summed E-state index contributed by atoms with van der Waals surface area (Å²) in [7, 11) is 1.35. The molecule has 1 aromatic carbocycles. The number of aryl methyl sites for hydroxylation is 1. The van der Waals surface area contributed by atoms with E-state index in [0.717, 1.165) is 11.3 Å². The number of amides is 1. The van der Waals surface area contributed by atoms with Crippen molar-refractivity contribution in [1.82, 2.24) is 0 Å². The van der Waals surface area contributed by atoms with E-state index in [1.54, 1.807) is 4.90 Å². The second-order valence-electron chi connectivity index (χ2n) is 6.18.